The van der Waals surface area contributed by atoms with Crippen LogP contribution in [0.2, 0.25) is 0 Å². The molecule has 0 aromatic carbocycles. The van der Waals surface area contributed by atoms with Gasteiger partial charge in [-0.25, -0.2) is 13.2 Å². The van der Waals surface area contributed by atoms with Crippen molar-refractivity contribution < 1.29 is 17.9 Å². The second kappa shape index (κ2) is 12.8. The highest BCUT2D eigenvalue weighted by molar-refractivity contribution is 7.91. The highest BCUT2D eigenvalue weighted by Gasteiger charge is 2.70. The van der Waals surface area contributed by atoms with Crippen LogP contribution in [0.5, 0.6) is 0 Å². The third kappa shape index (κ3) is 5.84. The van der Waals surface area contributed by atoms with Crippen LogP contribution in [-0.4, -0.2) is 69.6 Å². The summed E-state index contributed by atoms with van der Waals surface area (Å²) in [6.07, 6.45) is 21.4. The van der Waals surface area contributed by atoms with Gasteiger partial charge in [0.2, 0.25) is 0 Å². The van der Waals surface area contributed by atoms with Gasteiger partial charge < -0.3 is 15.0 Å². The summed E-state index contributed by atoms with van der Waals surface area (Å²) < 4.78 is 28.8. The molecule has 9 atom stereocenters. The number of rotatable bonds is 8. The topological polar surface area (TPSA) is 75.7 Å². The third-order valence-electron chi connectivity index (χ3n) is 15.9. The van der Waals surface area contributed by atoms with E-state index in [1.165, 1.54) is 75.7 Å². The number of ether oxygens (including phenoxy) is 1. The molecule has 5 fully saturated rings. The second-order valence-electron chi connectivity index (χ2n) is 18.1. The SMILES string of the molecule is C=C(C)[C@@H]1CC[C@]2(NCCN3CCS(=O)(=O)CC3)CC[C@]3(C)[C@H](CC[C@@H]4[C@@]5(C)CC=C(/C=C\C=C\C(=O)OC)C(C)(C)[C@@H]5CC[C@]43C)[C@@H]12. The van der Waals surface area contributed by atoms with Gasteiger partial charge in [-0.15, -0.1) is 0 Å². The quantitative estimate of drug-likeness (QED) is 0.124. The fourth-order valence-corrected chi connectivity index (χ4v) is 14.4. The van der Waals surface area contributed by atoms with E-state index in [-0.39, 0.29) is 22.3 Å². The Balaban J connectivity index is 1.23. The van der Waals surface area contributed by atoms with Crippen LogP contribution in [0.15, 0.2) is 48.1 Å². The second-order valence-corrected chi connectivity index (χ2v) is 20.4. The van der Waals surface area contributed by atoms with Crippen LogP contribution < -0.4 is 5.32 Å². The molecule has 4 saturated carbocycles. The van der Waals surface area contributed by atoms with Crippen LogP contribution in [-0.2, 0) is 19.4 Å². The van der Waals surface area contributed by atoms with Gasteiger partial charge in [0.25, 0.3) is 0 Å². The predicted octanol–water partition coefficient (Wildman–Crippen LogP) is 7.54. The Labute approximate surface area is 292 Å². The van der Waals surface area contributed by atoms with Crippen molar-refractivity contribution in [3.05, 3.63) is 48.1 Å². The molecule has 7 heteroatoms. The molecule has 0 aromatic heterocycles. The summed E-state index contributed by atoms with van der Waals surface area (Å²) >= 11 is 0. The minimum Gasteiger partial charge on any atom is -0.466 e. The fraction of sp³-hybridized carbons (Fsp3) is 0.780. The van der Waals surface area contributed by atoms with E-state index in [9.17, 15) is 13.2 Å². The van der Waals surface area contributed by atoms with Crippen molar-refractivity contribution in [1.82, 2.24) is 10.2 Å². The number of methoxy groups -OCH3 is 1. The summed E-state index contributed by atoms with van der Waals surface area (Å²) in [5, 5.41) is 4.21. The van der Waals surface area contributed by atoms with Crippen molar-refractivity contribution in [3.8, 4) is 0 Å². The fourth-order valence-electron chi connectivity index (χ4n) is 13.2. The van der Waals surface area contributed by atoms with Crippen molar-refractivity contribution in [2.45, 2.75) is 105 Å². The molecule has 1 heterocycles. The number of carbonyl (C=O) groups is 1. The summed E-state index contributed by atoms with van der Waals surface area (Å²) in [7, 11) is -1.44. The van der Waals surface area contributed by atoms with Crippen molar-refractivity contribution in [2.24, 2.45) is 51.2 Å². The number of esters is 1. The van der Waals surface area contributed by atoms with Crippen molar-refractivity contribution in [2.75, 3.05) is 44.8 Å². The van der Waals surface area contributed by atoms with Gasteiger partial charge in [-0.3, -0.25) is 0 Å². The van der Waals surface area contributed by atoms with Crippen molar-refractivity contribution >= 4 is 15.8 Å². The molecule has 1 N–H and O–H groups in total. The zero-order valence-electron chi connectivity index (χ0n) is 31.1. The van der Waals surface area contributed by atoms with Crippen LogP contribution in [0.25, 0.3) is 0 Å². The molecule has 268 valence electrons. The van der Waals surface area contributed by atoms with Crippen molar-refractivity contribution in [3.63, 3.8) is 0 Å². The van der Waals surface area contributed by atoms with Gasteiger partial charge in [0.15, 0.2) is 9.84 Å². The first-order valence-electron chi connectivity index (χ1n) is 19.0. The summed E-state index contributed by atoms with van der Waals surface area (Å²) in [4.78, 5) is 13.9. The maximum atomic E-state index is 12.0. The van der Waals surface area contributed by atoms with E-state index in [1.807, 2.05) is 6.08 Å². The van der Waals surface area contributed by atoms with Gasteiger partial charge in [-0.2, -0.15) is 0 Å². The molecule has 1 saturated heterocycles. The first-order valence-corrected chi connectivity index (χ1v) is 20.8. The lowest BCUT2D eigenvalue weighted by molar-refractivity contribution is -0.221. The molecule has 48 heavy (non-hydrogen) atoms. The molecule has 0 unspecified atom stereocenters. The number of fused-ring (bicyclic) bond motifs is 7. The molecule has 0 aromatic rings. The number of hydrogen-bond donors (Lipinski definition) is 1. The summed E-state index contributed by atoms with van der Waals surface area (Å²) in [5.41, 5.74) is 3.88. The van der Waals surface area contributed by atoms with E-state index < -0.39 is 9.84 Å². The van der Waals surface area contributed by atoms with E-state index in [2.05, 4.69) is 70.5 Å². The minimum absolute atomic E-state index is 0.0718. The molecule has 1 aliphatic heterocycles. The number of hydrogen-bond acceptors (Lipinski definition) is 6. The Kier molecular flexibility index (Phi) is 9.64. The van der Waals surface area contributed by atoms with Crippen molar-refractivity contribution in [1.29, 1.82) is 0 Å². The van der Waals surface area contributed by atoms with Crippen LogP contribution in [0, 0.1) is 51.2 Å². The number of carbonyl (C=O) groups excluding carboxylic acids is 1. The lowest BCUT2D eigenvalue weighted by atomic mass is 9.33. The van der Waals surface area contributed by atoms with E-state index >= 15 is 0 Å². The monoisotopic (exact) mass is 680 g/mol. The highest BCUT2D eigenvalue weighted by atomic mass is 32.2. The average molecular weight is 681 g/mol. The maximum Gasteiger partial charge on any atom is 0.330 e. The van der Waals surface area contributed by atoms with Gasteiger partial charge in [0.1, 0.15) is 0 Å². The molecule has 0 radical (unpaired) electrons. The number of allylic oxidation sites excluding steroid dienone is 6. The number of nitrogens with zero attached hydrogens (tertiary/aromatic N) is 1. The Morgan fingerprint density at radius 3 is 2.40 bits per heavy atom. The van der Waals surface area contributed by atoms with Crippen LogP contribution >= 0.6 is 0 Å². The maximum absolute atomic E-state index is 12.0. The van der Waals surface area contributed by atoms with Gasteiger partial charge in [-0.1, -0.05) is 71.1 Å². The molecular weight excluding hydrogens is 617 g/mol. The molecule has 6 nitrogen and oxygen atoms in total. The summed E-state index contributed by atoms with van der Waals surface area (Å²) in [6.45, 7) is 23.1. The largest absolute Gasteiger partial charge is 0.466 e. The molecule has 0 amide bonds. The summed E-state index contributed by atoms with van der Waals surface area (Å²) in [6, 6.07) is 0. The standard InChI is InChI=1S/C41H64N2O4S/c1-29(2)31-16-20-41(42-23-24-43-25-27-48(45,46)28-26-43)22-21-39(6)32(36(31)41)13-14-34-38(5)18-15-30(11-9-10-12-35(44)47-8)37(3,4)33(38)17-19-40(34,39)7/h9-12,15,31-34,36,42H,1,13-14,16-28H2,2-8H3/b11-9-,12-10+/t31-,32+,33-,34+,36+,38-,39+,40+,41-/m0/s1. The normalized spacial score (nSPS) is 43.6. The Morgan fingerprint density at radius 2 is 1.71 bits per heavy atom. The molecule has 0 bridgehead atoms. The summed E-state index contributed by atoms with van der Waals surface area (Å²) in [5.74, 6) is 3.50. The number of nitrogens with one attached hydrogen (secondary N) is 1. The first-order chi connectivity index (χ1) is 22.5. The van der Waals surface area contributed by atoms with E-state index in [1.54, 1.807) is 6.08 Å². The van der Waals surface area contributed by atoms with E-state index in [0.29, 0.717) is 65.0 Å². The van der Waals surface area contributed by atoms with Gasteiger partial charge in [0, 0.05) is 37.8 Å². The Morgan fingerprint density at radius 1 is 0.979 bits per heavy atom. The van der Waals surface area contributed by atoms with Gasteiger partial charge >= 0.3 is 5.97 Å². The third-order valence-corrected chi connectivity index (χ3v) is 17.5. The van der Waals surface area contributed by atoms with Gasteiger partial charge in [-0.05, 0) is 122 Å². The first kappa shape index (κ1) is 36.1. The van der Waals surface area contributed by atoms with Crippen LogP contribution in [0.3, 0.4) is 0 Å². The van der Waals surface area contributed by atoms with Crippen LogP contribution in [0.1, 0.15) is 99.3 Å². The lowest BCUT2D eigenvalue weighted by Crippen LogP contribution is -2.68. The highest BCUT2D eigenvalue weighted by Crippen LogP contribution is 2.76. The molecule has 0 spiro atoms. The van der Waals surface area contributed by atoms with E-state index in [4.69, 9.17) is 4.74 Å². The molecule has 6 aliphatic rings. The van der Waals surface area contributed by atoms with Crippen LogP contribution in [0.4, 0.5) is 0 Å². The molecule has 6 rings (SSSR count). The zero-order valence-corrected chi connectivity index (χ0v) is 31.9. The molecular formula is C41H64N2O4S. The minimum atomic E-state index is -2.85. The Hall–Kier alpha value is -1.70. The lowest BCUT2D eigenvalue weighted by Gasteiger charge is -2.72. The number of sulfone groups is 1. The predicted molar refractivity (Wildman–Crippen MR) is 196 cm³/mol. The zero-order chi connectivity index (χ0) is 34.8. The molecule has 5 aliphatic carbocycles. The Bertz CT molecular complexity index is 1460. The van der Waals surface area contributed by atoms with Gasteiger partial charge in [0.05, 0.1) is 18.6 Å². The average Bonchev–Trinajstić information content (AvgIpc) is 3.41. The van der Waals surface area contributed by atoms with E-state index in [0.717, 1.165) is 19.5 Å². The smallest absolute Gasteiger partial charge is 0.330 e.